The Morgan fingerprint density at radius 2 is 1.63 bits per heavy atom. The molecule has 0 radical (unpaired) electrons. The number of carboxylic acid groups (broad SMARTS) is 1. The standard InChI is InChI=1S/C17H13Cl3N4O5S/c18-17(19,20)15(22-13(25)11-3-1-2-4-12(11)24(28)29)23-16(30)21-10-7-5-9(6-8-10)14(26)27/h1-8,15H,(H,22,25)(H,26,27)(H2,21,23,30)/p-1/t15-/m1/s1. The number of hydrogen-bond acceptors (Lipinski definition) is 6. The largest absolute Gasteiger partial charge is 0.545 e. The van der Waals surface area contributed by atoms with Crippen molar-refractivity contribution in [3.05, 3.63) is 69.8 Å². The van der Waals surface area contributed by atoms with Gasteiger partial charge in [0.25, 0.3) is 11.6 Å². The molecule has 3 N–H and O–H groups in total. The van der Waals surface area contributed by atoms with Crippen LogP contribution in [0.3, 0.4) is 0 Å². The highest BCUT2D eigenvalue weighted by molar-refractivity contribution is 7.80. The predicted molar refractivity (Wildman–Crippen MR) is 115 cm³/mol. The van der Waals surface area contributed by atoms with Gasteiger partial charge < -0.3 is 25.9 Å². The van der Waals surface area contributed by atoms with E-state index in [0.29, 0.717) is 5.69 Å². The topological polar surface area (TPSA) is 136 Å². The SMILES string of the molecule is O=C([O-])c1ccc(NC(=S)N[C@@H](NC(=O)c2ccccc2[N+](=O)[O-])C(Cl)(Cl)Cl)cc1. The summed E-state index contributed by atoms with van der Waals surface area (Å²) in [5, 5.41) is 29.5. The summed E-state index contributed by atoms with van der Waals surface area (Å²) < 4.78 is -2.08. The molecule has 2 rings (SSSR count). The zero-order chi connectivity index (χ0) is 22.5. The van der Waals surface area contributed by atoms with Gasteiger partial charge in [-0.15, -0.1) is 0 Å². The van der Waals surface area contributed by atoms with Crippen molar-refractivity contribution in [3.63, 3.8) is 0 Å². The Hall–Kier alpha value is -2.66. The van der Waals surface area contributed by atoms with Gasteiger partial charge in [0.1, 0.15) is 11.7 Å². The first kappa shape index (κ1) is 23.6. The highest BCUT2D eigenvalue weighted by Gasteiger charge is 2.36. The fraction of sp³-hybridized carbons (Fsp3) is 0.118. The molecule has 0 bridgehead atoms. The minimum Gasteiger partial charge on any atom is -0.545 e. The van der Waals surface area contributed by atoms with Gasteiger partial charge in [-0.2, -0.15) is 0 Å². The molecule has 0 heterocycles. The van der Waals surface area contributed by atoms with E-state index in [0.717, 1.165) is 6.07 Å². The molecule has 0 fully saturated rings. The fourth-order valence-corrected chi connectivity index (χ4v) is 2.78. The second kappa shape index (κ2) is 9.90. The van der Waals surface area contributed by atoms with Crippen LogP contribution in [-0.2, 0) is 0 Å². The van der Waals surface area contributed by atoms with Gasteiger partial charge in [-0.25, -0.2) is 0 Å². The van der Waals surface area contributed by atoms with E-state index in [4.69, 9.17) is 47.0 Å². The summed E-state index contributed by atoms with van der Waals surface area (Å²) in [5.41, 5.74) is -0.284. The molecule has 2 aromatic rings. The quantitative estimate of drug-likeness (QED) is 0.185. The van der Waals surface area contributed by atoms with E-state index in [1.54, 1.807) is 0 Å². The lowest BCUT2D eigenvalue weighted by atomic mass is 10.1. The van der Waals surface area contributed by atoms with E-state index >= 15 is 0 Å². The maximum Gasteiger partial charge on any atom is 0.282 e. The molecule has 13 heteroatoms. The molecule has 0 unspecified atom stereocenters. The molecule has 0 aliphatic rings. The van der Waals surface area contributed by atoms with Crippen LogP contribution < -0.4 is 21.1 Å². The lowest BCUT2D eigenvalue weighted by Crippen LogP contribution is -2.56. The van der Waals surface area contributed by atoms with Gasteiger partial charge in [-0.05, 0) is 36.0 Å². The highest BCUT2D eigenvalue weighted by atomic mass is 35.6. The number of benzene rings is 2. The summed E-state index contributed by atoms with van der Waals surface area (Å²) in [7, 11) is 0. The second-order valence-electron chi connectivity index (χ2n) is 5.69. The number of nitrogens with one attached hydrogen (secondary N) is 3. The fourth-order valence-electron chi connectivity index (χ4n) is 2.22. The first-order valence-corrected chi connectivity index (χ1v) is 9.53. The van der Waals surface area contributed by atoms with Crippen LogP contribution in [0.15, 0.2) is 48.5 Å². The van der Waals surface area contributed by atoms with Crippen molar-refractivity contribution in [2.75, 3.05) is 5.32 Å². The van der Waals surface area contributed by atoms with Crippen LogP contribution in [0.4, 0.5) is 11.4 Å². The van der Waals surface area contributed by atoms with E-state index in [9.17, 15) is 24.8 Å². The average Bonchev–Trinajstić information content (AvgIpc) is 2.67. The summed E-state index contributed by atoms with van der Waals surface area (Å²) in [4.78, 5) is 33.7. The zero-order valence-electron chi connectivity index (χ0n) is 14.7. The number of amides is 1. The monoisotopic (exact) mass is 489 g/mol. The molecule has 0 spiro atoms. The van der Waals surface area contributed by atoms with Crippen molar-refractivity contribution in [3.8, 4) is 0 Å². The Kier molecular flexibility index (Phi) is 7.79. The number of halogens is 3. The molecule has 9 nitrogen and oxygen atoms in total. The maximum absolute atomic E-state index is 12.5. The lowest BCUT2D eigenvalue weighted by molar-refractivity contribution is -0.385. The molecule has 2 aromatic carbocycles. The number of alkyl halides is 3. The number of carbonyl (C=O) groups is 2. The summed E-state index contributed by atoms with van der Waals surface area (Å²) in [6.45, 7) is 0. The Labute approximate surface area is 190 Å². The van der Waals surface area contributed by atoms with Crippen molar-refractivity contribution in [1.29, 1.82) is 0 Å². The summed E-state index contributed by atoms with van der Waals surface area (Å²) in [5.74, 6) is -2.21. The summed E-state index contributed by atoms with van der Waals surface area (Å²) in [6, 6.07) is 10.7. The molecular weight excluding hydrogens is 479 g/mol. The van der Waals surface area contributed by atoms with Gasteiger partial charge in [-0.3, -0.25) is 14.9 Å². The number of thiocarbonyl (C=S) groups is 1. The number of aromatic carboxylic acids is 1. The first-order valence-electron chi connectivity index (χ1n) is 7.99. The molecule has 158 valence electrons. The lowest BCUT2D eigenvalue weighted by Gasteiger charge is -2.27. The average molecular weight is 491 g/mol. The molecule has 0 saturated carbocycles. The van der Waals surface area contributed by atoms with E-state index in [-0.39, 0.29) is 16.2 Å². The number of rotatable bonds is 6. The van der Waals surface area contributed by atoms with Gasteiger partial charge in [0.15, 0.2) is 5.11 Å². The third kappa shape index (κ3) is 6.42. The first-order chi connectivity index (χ1) is 14.0. The van der Waals surface area contributed by atoms with E-state index in [1.807, 2.05) is 0 Å². The van der Waals surface area contributed by atoms with E-state index < -0.39 is 32.4 Å². The molecule has 1 atom stereocenters. The van der Waals surface area contributed by atoms with E-state index in [2.05, 4.69) is 16.0 Å². The van der Waals surface area contributed by atoms with Crippen molar-refractivity contribution in [1.82, 2.24) is 10.6 Å². The van der Waals surface area contributed by atoms with Crippen LogP contribution >= 0.6 is 47.0 Å². The number of carbonyl (C=O) groups excluding carboxylic acids is 2. The van der Waals surface area contributed by atoms with E-state index in [1.165, 1.54) is 42.5 Å². The van der Waals surface area contributed by atoms with Gasteiger partial charge in [0, 0.05) is 11.8 Å². The van der Waals surface area contributed by atoms with Gasteiger partial charge in [-0.1, -0.05) is 59.1 Å². The van der Waals surface area contributed by atoms with Gasteiger partial charge in [0.2, 0.25) is 3.79 Å². The van der Waals surface area contributed by atoms with Crippen LogP contribution in [0.5, 0.6) is 0 Å². The Balaban J connectivity index is 2.13. The van der Waals surface area contributed by atoms with Crippen LogP contribution in [0.1, 0.15) is 20.7 Å². The number of para-hydroxylation sites is 1. The van der Waals surface area contributed by atoms with Gasteiger partial charge in [0.05, 0.1) is 10.9 Å². The third-order valence-electron chi connectivity index (χ3n) is 3.60. The van der Waals surface area contributed by atoms with Crippen LogP contribution in [0.25, 0.3) is 0 Å². The van der Waals surface area contributed by atoms with Crippen LogP contribution in [0, 0.1) is 10.1 Å². The third-order valence-corrected chi connectivity index (χ3v) is 4.48. The number of anilines is 1. The second-order valence-corrected chi connectivity index (χ2v) is 8.46. The molecular formula is C17H12Cl3N4O5S-. The minimum atomic E-state index is -2.08. The zero-order valence-corrected chi connectivity index (χ0v) is 17.8. The predicted octanol–water partition coefficient (Wildman–Crippen LogP) is 2.37. The number of nitro benzene ring substituents is 1. The van der Waals surface area contributed by atoms with Crippen LogP contribution in [0.2, 0.25) is 0 Å². The smallest absolute Gasteiger partial charge is 0.282 e. The van der Waals surface area contributed by atoms with Crippen molar-refractivity contribution in [2.45, 2.75) is 9.96 Å². The Morgan fingerprint density at radius 3 is 2.17 bits per heavy atom. The maximum atomic E-state index is 12.5. The van der Waals surface area contributed by atoms with Crippen molar-refractivity contribution >= 4 is 75.4 Å². The van der Waals surface area contributed by atoms with Crippen LogP contribution in [-0.4, -0.2) is 31.9 Å². The normalized spacial score (nSPS) is 11.8. The molecule has 30 heavy (non-hydrogen) atoms. The minimum absolute atomic E-state index is 0.0321. The molecule has 0 aliphatic heterocycles. The number of nitro groups is 1. The molecule has 0 aromatic heterocycles. The molecule has 0 aliphatic carbocycles. The molecule has 1 amide bonds. The van der Waals surface area contributed by atoms with Crippen molar-refractivity contribution in [2.24, 2.45) is 0 Å². The molecule has 0 saturated heterocycles. The Bertz CT molecular complexity index is 982. The summed E-state index contributed by atoms with van der Waals surface area (Å²) >= 11 is 22.8. The highest BCUT2D eigenvalue weighted by Crippen LogP contribution is 2.30. The number of hydrogen-bond donors (Lipinski definition) is 3. The number of carboxylic acids is 1. The Morgan fingerprint density at radius 1 is 1.03 bits per heavy atom. The van der Waals surface area contributed by atoms with Gasteiger partial charge >= 0.3 is 0 Å². The number of nitrogens with zero attached hydrogens (tertiary/aromatic N) is 1. The van der Waals surface area contributed by atoms with Crippen molar-refractivity contribution < 1.29 is 19.6 Å². The summed E-state index contributed by atoms with van der Waals surface area (Å²) in [6.07, 6.45) is -1.36.